The third-order valence-corrected chi connectivity index (χ3v) is 3.48. The van der Waals surface area contributed by atoms with E-state index in [0.29, 0.717) is 23.2 Å². The molecule has 1 heterocycles. The van der Waals surface area contributed by atoms with E-state index in [2.05, 4.69) is 4.98 Å². The fraction of sp³-hybridized carbons (Fsp3) is 0.533. The van der Waals surface area contributed by atoms with Crippen molar-refractivity contribution >= 4 is 17.7 Å². The molecular weight excluding hydrogens is 288 g/mol. The molecule has 1 aromatic rings. The van der Waals surface area contributed by atoms with Gasteiger partial charge in [-0.1, -0.05) is 6.92 Å². The molecule has 0 radical (unpaired) electrons. The van der Waals surface area contributed by atoms with Crippen molar-refractivity contribution in [1.29, 1.82) is 0 Å². The van der Waals surface area contributed by atoms with Gasteiger partial charge in [-0.25, -0.2) is 5.06 Å². The van der Waals surface area contributed by atoms with Gasteiger partial charge in [0, 0.05) is 11.3 Å². The Hall–Kier alpha value is -2.15. The summed E-state index contributed by atoms with van der Waals surface area (Å²) in [6, 6.07) is -0.635. The average Bonchev–Trinajstić information content (AvgIpc) is 2.75. The molecule has 1 atom stereocenters. The number of aryl methyl sites for hydroxylation is 1. The van der Waals surface area contributed by atoms with Crippen molar-refractivity contribution in [3.8, 4) is 0 Å². The summed E-state index contributed by atoms with van der Waals surface area (Å²) >= 11 is 0. The molecule has 1 amide bonds. The molecule has 0 aromatic carbocycles. The van der Waals surface area contributed by atoms with Gasteiger partial charge in [0.15, 0.2) is 5.78 Å². The number of rotatable bonds is 7. The Morgan fingerprint density at radius 1 is 1.36 bits per heavy atom. The predicted molar refractivity (Wildman–Crippen MR) is 79.8 cm³/mol. The molecule has 0 aliphatic rings. The molecular formula is C15H22N2O5. The number of carbonyl (C=O) groups excluding carboxylic acids is 2. The van der Waals surface area contributed by atoms with E-state index in [1.165, 1.54) is 14.0 Å². The Labute approximate surface area is 129 Å². The second kappa shape index (κ2) is 7.22. The molecule has 1 rings (SSSR count). The Morgan fingerprint density at radius 2 is 1.95 bits per heavy atom. The van der Waals surface area contributed by atoms with E-state index in [0.717, 1.165) is 5.06 Å². The molecule has 0 saturated heterocycles. The maximum atomic E-state index is 12.6. The maximum Gasteiger partial charge on any atom is 0.305 e. The third-order valence-electron chi connectivity index (χ3n) is 3.48. The van der Waals surface area contributed by atoms with Crippen LogP contribution in [0.2, 0.25) is 0 Å². The lowest BCUT2D eigenvalue weighted by Gasteiger charge is -2.25. The zero-order chi connectivity index (χ0) is 17.0. The fourth-order valence-electron chi connectivity index (χ4n) is 2.60. The molecule has 0 saturated carbocycles. The quantitative estimate of drug-likeness (QED) is 0.592. The number of amides is 1. The molecule has 7 heteroatoms. The van der Waals surface area contributed by atoms with E-state index in [9.17, 15) is 14.4 Å². The molecule has 0 fully saturated rings. The Kier molecular flexibility index (Phi) is 5.87. The molecule has 2 N–H and O–H groups in total. The van der Waals surface area contributed by atoms with Gasteiger partial charge in [0.25, 0.3) is 5.91 Å². The van der Waals surface area contributed by atoms with E-state index in [1.807, 2.05) is 6.92 Å². The standard InChI is InChI=1S/C15H22N2O5/c1-6-11-13(10(4)18)9(3)16-14(11)15(21)17(22-5)8(2)7-12(19)20/h8,16H,6-7H2,1-5H3,(H,19,20). The Balaban J connectivity index is 3.23. The average molecular weight is 310 g/mol. The van der Waals surface area contributed by atoms with Gasteiger partial charge in [-0.15, -0.1) is 0 Å². The van der Waals surface area contributed by atoms with Crippen LogP contribution in [0.1, 0.15) is 59.3 Å². The molecule has 0 spiro atoms. The van der Waals surface area contributed by atoms with Crippen LogP contribution in [0.4, 0.5) is 0 Å². The van der Waals surface area contributed by atoms with Crippen LogP contribution in [-0.2, 0) is 16.1 Å². The van der Waals surface area contributed by atoms with E-state index < -0.39 is 17.9 Å². The number of hydrogen-bond donors (Lipinski definition) is 2. The highest BCUT2D eigenvalue weighted by Gasteiger charge is 2.29. The Bertz CT molecular complexity index is 591. The summed E-state index contributed by atoms with van der Waals surface area (Å²) in [4.78, 5) is 43.2. The molecule has 0 aliphatic carbocycles. The van der Waals surface area contributed by atoms with Crippen LogP contribution in [-0.4, -0.2) is 46.0 Å². The highest BCUT2D eigenvalue weighted by Crippen LogP contribution is 2.22. The van der Waals surface area contributed by atoms with Crippen LogP contribution in [0.15, 0.2) is 0 Å². The number of nitrogens with one attached hydrogen (secondary N) is 1. The van der Waals surface area contributed by atoms with Crippen LogP contribution < -0.4 is 0 Å². The van der Waals surface area contributed by atoms with E-state index >= 15 is 0 Å². The predicted octanol–water partition coefficient (Wildman–Crippen LogP) is 1.95. The lowest BCUT2D eigenvalue weighted by molar-refractivity contribution is -0.147. The SMILES string of the molecule is CCc1c(C(=O)N(OC)C(C)CC(=O)O)[nH]c(C)c1C(C)=O. The fourth-order valence-corrected chi connectivity index (χ4v) is 2.60. The van der Waals surface area contributed by atoms with E-state index in [4.69, 9.17) is 9.94 Å². The van der Waals surface area contributed by atoms with Crippen molar-refractivity contribution in [2.45, 2.75) is 46.6 Å². The van der Waals surface area contributed by atoms with Crippen LogP contribution in [0, 0.1) is 6.92 Å². The van der Waals surface area contributed by atoms with Crippen LogP contribution in [0.3, 0.4) is 0 Å². The summed E-state index contributed by atoms with van der Waals surface area (Å²) in [6.45, 7) is 6.61. The lowest BCUT2D eigenvalue weighted by Crippen LogP contribution is -2.39. The second-order valence-corrected chi connectivity index (χ2v) is 5.15. The number of aliphatic carboxylic acids is 1. The van der Waals surface area contributed by atoms with Gasteiger partial charge in [-0.3, -0.25) is 19.2 Å². The van der Waals surface area contributed by atoms with Crippen LogP contribution >= 0.6 is 0 Å². The summed E-state index contributed by atoms with van der Waals surface area (Å²) in [5.41, 5.74) is 2.02. The third kappa shape index (κ3) is 3.54. The summed E-state index contributed by atoms with van der Waals surface area (Å²) in [5, 5.41) is 9.87. The van der Waals surface area contributed by atoms with Crippen molar-refractivity contribution in [2.75, 3.05) is 7.11 Å². The van der Waals surface area contributed by atoms with Crippen LogP contribution in [0.25, 0.3) is 0 Å². The zero-order valence-electron chi connectivity index (χ0n) is 13.5. The highest BCUT2D eigenvalue weighted by atomic mass is 16.7. The number of hydrogen-bond acceptors (Lipinski definition) is 4. The first-order valence-electron chi connectivity index (χ1n) is 7.06. The van der Waals surface area contributed by atoms with E-state index in [1.54, 1.807) is 13.8 Å². The van der Waals surface area contributed by atoms with Crippen molar-refractivity contribution in [3.05, 3.63) is 22.5 Å². The molecule has 0 bridgehead atoms. The monoisotopic (exact) mass is 310 g/mol. The Morgan fingerprint density at radius 3 is 2.36 bits per heavy atom. The van der Waals surface area contributed by atoms with Crippen molar-refractivity contribution < 1.29 is 24.3 Å². The minimum Gasteiger partial charge on any atom is -0.481 e. The number of aromatic nitrogens is 1. The first kappa shape index (κ1) is 17.9. The summed E-state index contributed by atoms with van der Waals surface area (Å²) in [6.07, 6.45) is 0.269. The van der Waals surface area contributed by atoms with Gasteiger partial charge >= 0.3 is 5.97 Å². The minimum atomic E-state index is -1.02. The van der Waals surface area contributed by atoms with Gasteiger partial charge < -0.3 is 10.1 Å². The zero-order valence-corrected chi connectivity index (χ0v) is 13.5. The molecule has 1 aromatic heterocycles. The molecule has 0 aliphatic heterocycles. The first-order valence-corrected chi connectivity index (χ1v) is 7.06. The first-order chi connectivity index (χ1) is 10.2. The molecule has 7 nitrogen and oxygen atoms in total. The van der Waals surface area contributed by atoms with Gasteiger partial charge in [0.05, 0.1) is 19.6 Å². The van der Waals surface area contributed by atoms with Crippen molar-refractivity contribution in [3.63, 3.8) is 0 Å². The summed E-state index contributed by atoms with van der Waals surface area (Å²) < 4.78 is 0. The molecule has 122 valence electrons. The second-order valence-electron chi connectivity index (χ2n) is 5.15. The van der Waals surface area contributed by atoms with E-state index in [-0.39, 0.29) is 17.9 Å². The smallest absolute Gasteiger partial charge is 0.305 e. The highest BCUT2D eigenvalue weighted by molar-refractivity contribution is 6.02. The van der Waals surface area contributed by atoms with Gasteiger partial charge in [0.2, 0.25) is 0 Å². The largest absolute Gasteiger partial charge is 0.481 e. The van der Waals surface area contributed by atoms with Gasteiger partial charge in [-0.05, 0) is 32.8 Å². The number of ketones is 1. The topological polar surface area (TPSA) is 99.7 Å². The number of carboxylic acids is 1. The van der Waals surface area contributed by atoms with Crippen molar-refractivity contribution in [1.82, 2.24) is 10.0 Å². The number of carbonyl (C=O) groups is 3. The number of H-pyrrole nitrogens is 1. The summed E-state index contributed by atoms with van der Waals surface area (Å²) in [5.74, 6) is -1.62. The number of aromatic amines is 1. The number of carboxylic acid groups (broad SMARTS) is 1. The normalized spacial score (nSPS) is 12.0. The molecule has 1 unspecified atom stereocenters. The maximum absolute atomic E-state index is 12.6. The van der Waals surface area contributed by atoms with Gasteiger partial charge in [-0.2, -0.15) is 0 Å². The van der Waals surface area contributed by atoms with Gasteiger partial charge in [0.1, 0.15) is 5.69 Å². The number of nitrogens with zero attached hydrogens (tertiary/aromatic N) is 1. The number of Topliss-reactive ketones (excluding diaryl/α,β-unsaturated/α-hetero) is 1. The molecule has 22 heavy (non-hydrogen) atoms. The van der Waals surface area contributed by atoms with Crippen molar-refractivity contribution in [2.24, 2.45) is 0 Å². The summed E-state index contributed by atoms with van der Waals surface area (Å²) in [7, 11) is 1.31. The van der Waals surface area contributed by atoms with Crippen LogP contribution in [0.5, 0.6) is 0 Å². The number of hydroxylamine groups is 2. The minimum absolute atomic E-state index is 0.118. The lowest BCUT2D eigenvalue weighted by atomic mass is 10.0.